The summed E-state index contributed by atoms with van der Waals surface area (Å²) in [6, 6.07) is 22.5. The number of piperidine rings is 2. The molecule has 374 valence electrons. The molecule has 2 aromatic heterocycles. The lowest BCUT2D eigenvalue weighted by Gasteiger charge is -2.35. The van der Waals surface area contributed by atoms with Gasteiger partial charge in [-0.05, 0) is 94.8 Å². The zero-order valence-corrected chi connectivity index (χ0v) is 40.3. The molecule has 21 nitrogen and oxygen atoms in total. The number of rotatable bonds is 20. The van der Waals surface area contributed by atoms with Gasteiger partial charge in [0, 0.05) is 49.4 Å². The number of anilines is 2. The van der Waals surface area contributed by atoms with Crippen molar-refractivity contribution in [2.45, 2.75) is 57.2 Å². The van der Waals surface area contributed by atoms with Crippen LogP contribution < -0.4 is 26.4 Å². The number of nitrogens with one attached hydrogen (secondary N) is 3. The summed E-state index contributed by atoms with van der Waals surface area (Å²) in [6.07, 6.45) is 4.57. The Balaban J connectivity index is 0.760. The summed E-state index contributed by atoms with van der Waals surface area (Å²) in [5, 5.41) is 23.7. The number of para-hydroxylation sites is 1. The van der Waals surface area contributed by atoms with E-state index in [1.165, 1.54) is 12.4 Å². The summed E-state index contributed by atoms with van der Waals surface area (Å²) in [5.74, 6) is -1.54. The fraction of sp³-hybridized carbons (Fsp3) is 0.373. The van der Waals surface area contributed by atoms with Gasteiger partial charge < -0.3 is 35.5 Å². The third-order valence-corrected chi connectivity index (χ3v) is 12.9. The maximum atomic E-state index is 14.0. The van der Waals surface area contributed by atoms with Gasteiger partial charge in [-0.1, -0.05) is 24.3 Å². The molecule has 2 fully saturated rings. The predicted octanol–water partition coefficient (Wildman–Crippen LogP) is 3.85. The van der Waals surface area contributed by atoms with Gasteiger partial charge >= 0.3 is 0 Å². The summed E-state index contributed by atoms with van der Waals surface area (Å²) in [4.78, 5) is 90.4. The molecule has 21 heteroatoms. The van der Waals surface area contributed by atoms with Crippen molar-refractivity contribution in [2.24, 2.45) is 0 Å². The molecule has 0 spiro atoms. The first-order valence-corrected chi connectivity index (χ1v) is 23.7. The number of ether oxygens (including phenoxy) is 3. The maximum absolute atomic E-state index is 14.0. The van der Waals surface area contributed by atoms with E-state index >= 15 is 0 Å². The summed E-state index contributed by atoms with van der Waals surface area (Å²) >= 11 is 0. The van der Waals surface area contributed by atoms with Crippen LogP contribution in [0.15, 0.2) is 90.8 Å². The molecule has 0 saturated carbocycles. The van der Waals surface area contributed by atoms with E-state index in [0.29, 0.717) is 67.6 Å². The average Bonchev–Trinajstić information content (AvgIpc) is 3.90. The number of benzene rings is 3. The maximum Gasteiger partial charge on any atom is 0.264 e. The highest BCUT2D eigenvalue weighted by molar-refractivity contribution is 6.25. The van der Waals surface area contributed by atoms with E-state index in [2.05, 4.69) is 32.0 Å². The number of amides is 6. The highest BCUT2D eigenvalue weighted by atomic mass is 16.5. The van der Waals surface area contributed by atoms with Crippen LogP contribution in [0.3, 0.4) is 0 Å². The number of carbonyl (C=O) groups is 6. The van der Waals surface area contributed by atoms with Crippen molar-refractivity contribution in [2.75, 3.05) is 77.2 Å². The van der Waals surface area contributed by atoms with Gasteiger partial charge in [-0.3, -0.25) is 43.9 Å². The van der Waals surface area contributed by atoms with E-state index in [1.807, 2.05) is 85.1 Å². The summed E-state index contributed by atoms with van der Waals surface area (Å²) in [7, 11) is 1.89. The average molecular weight is 981 g/mol. The minimum atomic E-state index is -1.10. The first-order valence-electron chi connectivity index (χ1n) is 23.7. The molecule has 2 atom stereocenters. The summed E-state index contributed by atoms with van der Waals surface area (Å²) in [6.45, 7) is 6.30. The first-order chi connectivity index (χ1) is 34.7. The third kappa shape index (κ3) is 11.3. The summed E-state index contributed by atoms with van der Waals surface area (Å²) in [5.41, 5.74) is 8.19. The number of carbonyl (C=O) groups excluding carboxylic acids is 6. The van der Waals surface area contributed by atoms with Crippen molar-refractivity contribution in [1.82, 2.24) is 45.1 Å². The quantitative estimate of drug-likeness (QED) is 0.0373. The minimum absolute atomic E-state index is 0.00864. The topological polar surface area (TPSA) is 269 Å². The SMILES string of the molecule is CN(CCOCCOCCNC(=O)CNc1cccc2c1C(=O)N(C1CCC(=O)NC1=O)C2=O)C(C)(C)/C=C(\C#N)C(=O)N1CCC[C@@H](n2nc(-c3ccc(Oc4ccccc4)cc3)c3c(N)ncnc32)C1. The predicted molar refractivity (Wildman–Crippen MR) is 263 cm³/mol. The fourth-order valence-corrected chi connectivity index (χ4v) is 8.85. The van der Waals surface area contributed by atoms with Crippen molar-refractivity contribution >= 4 is 58.0 Å². The number of nitriles is 1. The molecular formula is C51H56N12O9. The van der Waals surface area contributed by atoms with Crippen LogP contribution in [0, 0.1) is 11.3 Å². The Morgan fingerprint density at radius 1 is 0.944 bits per heavy atom. The fourth-order valence-electron chi connectivity index (χ4n) is 8.85. The molecule has 0 radical (unpaired) electrons. The molecule has 0 bridgehead atoms. The van der Waals surface area contributed by atoms with Crippen LogP contribution in [-0.4, -0.2) is 148 Å². The number of hydrogen-bond donors (Lipinski definition) is 4. The largest absolute Gasteiger partial charge is 0.457 e. The van der Waals surface area contributed by atoms with E-state index in [0.717, 1.165) is 22.6 Å². The second kappa shape index (κ2) is 22.4. The monoisotopic (exact) mass is 980 g/mol. The van der Waals surface area contributed by atoms with Crippen molar-refractivity contribution in [3.05, 3.63) is 102 Å². The number of fused-ring (bicyclic) bond motifs is 2. The van der Waals surface area contributed by atoms with E-state index < -0.39 is 35.2 Å². The van der Waals surface area contributed by atoms with Gasteiger partial charge in [-0.2, -0.15) is 10.4 Å². The van der Waals surface area contributed by atoms with Crippen LogP contribution in [0.2, 0.25) is 0 Å². The smallest absolute Gasteiger partial charge is 0.264 e. The van der Waals surface area contributed by atoms with Crippen molar-refractivity contribution in [1.29, 1.82) is 5.26 Å². The number of likely N-dealkylation sites (N-methyl/N-ethyl adjacent to an activating group) is 1. The molecule has 5 aromatic rings. The van der Waals surface area contributed by atoms with E-state index in [9.17, 15) is 34.0 Å². The van der Waals surface area contributed by atoms with Crippen LogP contribution in [0.5, 0.6) is 11.5 Å². The van der Waals surface area contributed by atoms with E-state index in [-0.39, 0.29) is 79.4 Å². The number of hydrogen-bond acceptors (Lipinski definition) is 16. The van der Waals surface area contributed by atoms with Gasteiger partial charge in [0.15, 0.2) is 5.65 Å². The lowest BCUT2D eigenvalue weighted by atomic mass is 9.98. The van der Waals surface area contributed by atoms with Gasteiger partial charge in [0.1, 0.15) is 47.0 Å². The van der Waals surface area contributed by atoms with E-state index in [1.54, 1.807) is 23.1 Å². The van der Waals surface area contributed by atoms with Crippen LogP contribution in [0.4, 0.5) is 11.5 Å². The summed E-state index contributed by atoms with van der Waals surface area (Å²) < 4.78 is 19.2. The lowest BCUT2D eigenvalue weighted by molar-refractivity contribution is -0.136. The van der Waals surface area contributed by atoms with Crippen molar-refractivity contribution in [3.8, 4) is 28.8 Å². The van der Waals surface area contributed by atoms with Crippen molar-refractivity contribution in [3.63, 3.8) is 0 Å². The molecule has 72 heavy (non-hydrogen) atoms. The van der Waals surface area contributed by atoms with Crippen LogP contribution >= 0.6 is 0 Å². The van der Waals surface area contributed by atoms with Crippen LogP contribution in [-0.2, 0) is 28.7 Å². The molecule has 2 saturated heterocycles. The molecule has 0 aliphatic carbocycles. The second-order valence-electron chi connectivity index (χ2n) is 18.1. The molecule has 3 aliphatic rings. The van der Waals surface area contributed by atoms with Crippen LogP contribution in [0.1, 0.15) is 66.3 Å². The lowest BCUT2D eigenvalue weighted by Crippen LogP contribution is -2.54. The number of imide groups is 2. The number of nitrogens with zero attached hydrogens (tertiary/aromatic N) is 8. The number of likely N-dealkylation sites (tertiary alicyclic amines) is 1. The standard InChI is InChI=1S/C51H56N12O9/c1-51(2,60(3)22-24-71-26-25-70-23-20-54-41(65)29-55-38-13-7-12-37-42(38)50(69)62(49(37)68)39-18-19-40(64)58-47(39)66)27-33(28-52)48(67)61-21-8-9-34(30-61)63-46-43(45(53)56-31-57-46)44(59-63)32-14-16-36(17-15-32)72-35-10-5-4-6-11-35/h4-7,10-17,27,31,34,39,55H,8-9,18-26,29-30H2,1-3H3,(H,54,65)(H2,53,56,57)(H,58,64,66)/b33-27+/t34-,39?/m1/s1. The zero-order chi connectivity index (χ0) is 50.9. The minimum Gasteiger partial charge on any atom is -0.457 e. The first kappa shape index (κ1) is 50.3. The van der Waals surface area contributed by atoms with Crippen LogP contribution in [0.25, 0.3) is 22.3 Å². The number of nitrogens with two attached hydrogens (primary N) is 1. The third-order valence-electron chi connectivity index (χ3n) is 12.9. The zero-order valence-electron chi connectivity index (χ0n) is 40.3. The molecule has 1 unspecified atom stereocenters. The van der Waals surface area contributed by atoms with Gasteiger partial charge in [-0.25, -0.2) is 14.6 Å². The Hall–Kier alpha value is -8.06. The normalized spacial score (nSPS) is 17.2. The molecule has 8 rings (SSSR count). The highest BCUT2D eigenvalue weighted by Gasteiger charge is 2.45. The van der Waals surface area contributed by atoms with Crippen molar-refractivity contribution < 1.29 is 43.0 Å². The number of aromatic nitrogens is 4. The van der Waals surface area contributed by atoms with Gasteiger partial charge in [0.2, 0.25) is 17.7 Å². The number of nitrogen functional groups attached to an aromatic ring is 1. The molecule has 6 amide bonds. The van der Waals surface area contributed by atoms with Gasteiger partial charge in [0.05, 0.1) is 55.5 Å². The van der Waals surface area contributed by atoms with E-state index in [4.69, 9.17) is 25.0 Å². The molecular weight excluding hydrogens is 925 g/mol. The molecule has 3 aliphatic heterocycles. The molecule has 3 aromatic carbocycles. The van der Waals surface area contributed by atoms with Gasteiger partial charge in [-0.15, -0.1) is 0 Å². The molecule has 5 N–H and O–H groups in total. The molecule has 5 heterocycles. The Bertz CT molecular complexity index is 2930. The van der Waals surface area contributed by atoms with Gasteiger partial charge in [0.25, 0.3) is 17.7 Å². The highest BCUT2D eigenvalue weighted by Crippen LogP contribution is 2.36. The Morgan fingerprint density at radius 3 is 2.44 bits per heavy atom. The Labute approximate surface area is 415 Å². The second-order valence-corrected chi connectivity index (χ2v) is 18.1. The Kier molecular flexibility index (Phi) is 15.6. The Morgan fingerprint density at radius 2 is 1.69 bits per heavy atom.